The highest BCUT2D eigenvalue weighted by molar-refractivity contribution is 5.78. The highest BCUT2D eigenvalue weighted by Crippen LogP contribution is 2.26. The molecule has 1 aromatic carbocycles. The summed E-state index contributed by atoms with van der Waals surface area (Å²) in [4.78, 5) is 11.4. The van der Waals surface area contributed by atoms with Gasteiger partial charge >= 0.3 is 0 Å². The van der Waals surface area contributed by atoms with Crippen LogP contribution in [-0.4, -0.2) is 12.5 Å². The van der Waals surface area contributed by atoms with Gasteiger partial charge in [0.05, 0.1) is 5.69 Å². The van der Waals surface area contributed by atoms with Gasteiger partial charge < -0.3 is 0 Å². The Morgan fingerprint density at radius 1 is 1.50 bits per heavy atom. The first-order valence-corrected chi connectivity index (χ1v) is 5.87. The van der Waals surface area contributed by atoms with E-state index in [0.29, 0.717) is 6.42 Å². The summed E-state index contributed by atoms with van der Waals surface area (Å²) in [6, 6.07) is 6.40. The van der Waals surface area contributed by atoms with E-state index in [4.69, 9.17) is 0 Å². The van der Waals surface area contributed by atoms with Crippen LogP contribution in [0.25, 0.3) is 0 Å². The minimum absolute atomic E-state index is 0.0772. The Kier molecular flexibility index (Phi) is 3.13. The van der Waals surface area contributed by atoms with Crippen molar-refractivity contribution in [1.29, 1.82) is 0 Å². The summed E-state index contributed by atoms with van der Waals surface area (Å²) >= 11 is 0. The number of amides is 1. The maximum Gasteiger partial charge on any atom is 0.238 e. The molecule has 1 aliphatic rings. The summed E-state index contributed by atoms with van der Waals surface area (Å²) < 4.78 is 0. The van der Waals surface area contributed by atoms with E-state index in [0.717, 1.165) is 25.1 Å². The van der Waals surface area contributed by atoms with Crippen LogP contribution in [0.2, 0.25) is 0 Å². The molecule has 0 spiro atoms. The Morgan fingerprint density at radius 3 is 3.06 bits per heavy atom. The van der Waals surface area contributed by atoms with Crippen molar-refractivity contribution in [3.05, 3.63) is 29.3 Å². The molecule has 0 aromatic heterocycles. The van der Waals surface area contributed by atoms with E-state index in [1.165, 1.54) is 11.1 Å². The fourth-order valence-corrected chi connectivity index (χ4v) is 2.07. The molecule has 0 saturated heterocycles. The van der Waals surface area contributed by atoms with E-state index < -0.39 is 0 Å². The fourth-order valence-electron chi connectivity index (χ4n) is 2.07. The Bertz CT molecular complexity index is 401. The van der Waals surface area contributed by atoms with E-state index in [-0.39, 0.29) is 5.91 Å². The molecule has 0 saturated carbocycles. The third-order valence-corrected chi connectivity index (χ3v) is 2.93. The largest absolute Gasteiger partial charge is 0.285 e. The van der Waals surface area contributed by atoms with Crippen molar-refractivity contribution in [3.8, 4) is 0 Å². The SMILES string of the molecule is CCC(=O)NN1CCCc2cc(C)ccc21. The minimum Gasteiger partial charge on any atom is -0.285 e. The van der Waals surface area contributed by atoms with E-state index in [9.17, 15) is 4.79 Å². The van der Waals surface area contributed by atoms with Crippen LogP contribution in [0.5, 0.6) is 0 Å². The second-order valence-electron chi connectivity index (χ2n) is 4.28. The number of hydrogen-bond acceptors (Lipinski definition) is 2. The summed E-state index contributed by atoms with van der Waals surface area (Å²) in [5.74, 6) is 0.0772. The molecule has 0 bridgehead atoms. The molecule has 0 unspecified atom stereocenters. The molecule has 16 heavy (non-hydrogen) atoms. The number of fused-ring (bicyclic) bond motifs is 1. The zero-order valence-electron chi connectivity index (χ0n) is 9.92. The zero-order chi connectivity index (χ0) is 11.5. The molecular formula is C13H18N2O. The zero-order valence-corrected chi connectivity index (χ0v) is 9.92. The molecule has 1 N–H and O–H groups in total. The van der Waals surface area contributed by atoms with E-state index >= 15 is 0 Å². The summed E-state index contributed by atoms with van der Waals surface area (Å²) in [5, 5.41) is 1.98. The highest BCUT2D eigenvalue weighted by atomic mass is 16.2. The van der Waals surface area contributed by atoms with Crippen molar-refractivity contribution in [3.63, 3.8) is 0 Å². The number of aryl methyl sites for hydroxylation is 2. The molecule has 0 aliphatic carbocycles. The van der Waals surface area contributed by atoms with Crippen LogP contribution >= 0.6 is 0 Å². The molecule has 3 nitrogen and oxygen atoms in total. The summed E-state index contributed by atoms with van der Waals surface area (Å²) in [6.07, 6.45) is 2.73. The molecule has 1 aliphatic heterocycles. The van der Waals surface area contributed by atoms with Crippen LogP contribution < -0.4 is 10.4 Å². The number of anilines is 1. The van der Waals surface area contributed by atoms with Crippen LogP contribution in [0, 0.1) is 6.92 Å². The molecular weight excluding hydrogens is 200 g/mol. The number of carbonyl (C=O) groups is 1. The van der Waals surface area contributed by atoms with Crippen molar-refractivity contribution >= 4 is 11.6 Å². The van der Waals surface area contributed by atoms with Crippen molar-refractivity contribution in [2.45, 2.75) is 33.1 Å². The van der Waals surface area contributed by atoms with Gasteiger partial charge in [-0.15, -0.1) is 0 Å². The van der Waals surface area contributed by atoms with Gasteiger partial charge in [0, 0.05) is 13.0 Å². The lowest BCUT2D eigenvalue weighted by molar-refractivity contribution is -0.120. The first-order valence-electron chi connectivity index (χ1n) is 5.87. The third kappa shape index (κ3) is 2.18. The lowest BCUT2D eigenvalue weighted by atomic mass is 10.0. The first-order chi connectivity index (χ1) is 7.70. The van der Waals surface area contributed by atoms with Crippen molar-refractivity contribution in [2.75, 3.05) is 11.6 Å². The quantitative estimate of drug-likeness (QED) is 0.825. The van der Waals surface area contributed by atoms with Crippen molar-refractivity contribution in [2.24, 2.45) is 0 Å². The molecule has 1 heterocycles. The molecule has 1 amide bonds. The maximum absolute atomic E-state index is 11.4. The normalized spacial score (nSPS) is 14.5. The summed E-state index contributed by atoms with van der Waals surface area (Å²) in [6.45, 7) is 4.88. The van der Waals surface area contributed by atoms with Gasteiger partial charge in [-0.1, -0.05) is 24.6 Å². The average molecular weight is 218 g/mol. The number of hydrogen-bond donors (Lipinski definition) is 1. The van der Waals surface area contributed by atoms with Gasteiger partial charge in [0.15, 0.2) is 0 Å². The fraction of sp³-hybridized carbons (Fsp3) is 0.462. The van der Waals surface area contributed by atoms with Crippen molar-refractivity contribution in [1.82, 2.24) is 5.43 Å². The molecule has 0 radical (unpaired) electrons. The van der Waals surface area contributed by atoms with E-state index in [1.807, 2.05) is 11.9 Å². The molecule has 0 fully saturated rings. The third-order valence-electron chi connectivity index (χ3n) is 2.93. The predicted octanol–water partition coefficient (Wildman–Crippen LogP) is 2.19. The molecule has 3 heteroatoms. The van der Waals surface area contributed by atoms with Crippen LogP contribution in [0.3, 0.4) is 0 Å². The molecule has 86 valence electrons. The second-order valence-corrected chi connectivity index (χ2v) is 4.28. The molecule has 0 atom stereocenters. The van der Waals surface area contributed by atoms with Crippen LogP contribution in [0.4, 0.5) is 5.69 Å². The van der Waals surface area contributed by atoms with Gasteiger partial charge in [0.2, 0.25) is 5.91 Å². The number of nitrogens with one attached hydrogen (secondary N) is 1. The van der Waals surface area contributed by atoms with Crippen LogP contribution in [0.15, 0.2) is 18.2 Å². The maximum atomic E-state index is 11.4. The Balaban J connectivity index is 2.23. The molecule has 1 aromatic rings. The van der Waals surface area contributed by atoms with Gasteiger partial charge in [-0.3, -0.25) is 15.2 Å². The second kappa shape index (κ2) is 4.56. The monoisotopic (exact) mass is 218 g/mol. The van der Waals surface area contributed by atoms with Gasteiger partial charge in [0.25, 0.3) is 0 Å². The first kappa shape index (κ1) is 11.0. The Morgan fingerprint density at radius 2 is 2.31 bits per heavy atom. The number of rotatable bonds is 2. The Hall–Kier alpha value is -1.51. The summed E-state index contributed by atoms with van der Waals surface area (Å²) in [5.41, 5.74) is 6.71. The number of benzene rings is 1. The van der Waals surface area contributed by atoms with Crippen LogP contribution in [-0.2, 0) is 11.2 Å². The van der Waals surface area contributed by atoms with Gasteiger partial charge in [-0.05, 0) is 31.4 Å². The van der Waals surface area contributed by atoms with E-state index in [1.54, 1.807) is 0 Å². The Labute approximate surface area is 96.4 Å². The van der Waals surface area contributed by atoms with E-state index in [2.05, 4.69) is 30.5 Å². The van der Waals surface area contributed by atoms with Gasteiger partial charge in [-0.2, -0.15) is 0 Å². The van der Waals surface area contributed by atoms with Gasteiger partial charge in [0.1, 0.15) is 0 Å². The minimum atomic E-state index is 0.0772. The number of hydrazine groups is 1. The molecule has 2 rings (SSSR count). The summed E-state index contributed by atoms with van der Waals surface area (Å²) in [7, 11) is 0. The highest BCUT2D eigenvalue weighted by Gasteiger charge is 2.17. The van der Waals surface area contributed by atoms with Crippen molar-refractivity contribution < 1.29 is 4.79 Å². The lowest BCUT2D eigenvalue weighted by Gasteiger charge is -2.31. The van der Waals surface area contributed by atoms with Gasteiger partial charge in [-0.25, -0.2) is 0 Å². The smallest absolute Gasteiger partial charge is 0.238 e. The number of nitrogens with zero attached hydrogens (tertiary/aromatic N) is 1. The topological polar surface area (TPSA) is 32.3 Å². The lowest BCUT2D eigenvalue weighted by Crippen LogP contribution is -2.44. The van der Waals surface area contributed by atoms with Crippen LogP contribution in [0.1, 0.15) is 30.9 Å². The standard InChI is InChI=1S/C13H18N2O/c1-3-13(16)14-15-8-4-5-11-9-10(2)6-7-12(11)15/h6-7,9H,3-5,8H2,1-2H3,(H,14,16). The average Bonchev–Trinajstić information content (AvgIpc) is 2.28. The number of carbonyl (C=O) groups excluding carboxylic acids is 1. The predicted molar refractivity (Wildman–Crippen MR) is 65.3 cm³/mol.